The lowest BCUT2D eigenvalue weighted by molar-refractivity contribution is 0.316. The van der Waals surface area contributed by atoms with Crippen molar-refractivity contribution in [2.45, 2.75) is 33.1 Å². The molecule has 2 aromatic heterocycles. The lowest BCUT2D eigenvalue weighted by Gasteiger charge is -2.34. The number of aromatic nitrogens is 3. The predicted octanol–water partition coefficient (Wildman–Crippen LogP) is 3.90. The first-order valence-electron chi connectivity index (χ1n) is 10.2. The van der Waals surface area contributed by atoms with Crippen molar-refractivity contribution < 1.29 is 9.94 Å². The van der Waals surface area contributed by atoms with E-state index in [4.69, 9.17) is 16.5 Å². The van der Waals surface area contributed by atoms with Crippen LogP contribution in [0.2, 0.25) is 0 Å². The van der Waals surface area contributed by atoms with E-state index in [2.05, 4.69) is 47.3 Å². The van der Waals surface area contributed by atoms with Gasteiger partial charge in [0.05, 0.1) is 0 Å². The zero-order chi connectivity index (χ0) is 23.5. The van der Waals surface area contributed by atoms with Crippen LogP contribution in [0.15, 0.2) is 66.1 Å². The summed E-state index contributed by atoms with van der Waals surface area (Å²) in [6.07, 6.45) is 3.38. The third-order valence-corrected chi connectivity index (χ3v) is 5.84. The first kappa shape index (κ1) is 22.9. The summed E-state index contributed by atoms with van der Waals surface area (Å²) in [6, 6.07) is 11.5. The molecule has 0 radical (unpaired) electrons. The second-order valence-corrected chi connectivity index (χ2v) is 8.07. The zero-order valence-electron chi connectivity index (χ0n) is 18.7. The molecule has 1 unspecified atom stereocenters. The summed E-state index contributed by atoms with van der Waals surface area (Å²) < 4.78 is 0. The summed E-state index contributed by atoms with van der Waals surface area (Å²) in [6.45, 7) is 12.2. The van der Waals surface area contributed by atoms with Gasteiger partial charge in [0.25, 0.3) is 0 Å². The number of hydrogen-bond donors (Lipinski definition) is 3. The number of pyridine rings is 1. The van der Waals surface area contributed by atoms with Gasteiger partial charge in [-0.05, 0) is 43.0 Å². The van der Waals surface area contributed by atoms with Gasteiger partial charge in [0.15, 0.2) is 0 Å². The molecule has 0 saturated carbocycles. The molecule has 0 spiro atoms. The molecule has 0 saturated heterocycles. The largest absolute Gasteiger partial charge is 0.493 e. The SMILES string of the molecule is C=C(/N=C(\ON)c1ccc(C)nc1O)C(C)(c1ccc(-c2cnc(N)nc2)cc1)C(C)C. The zero-order valence-corrected chi connectivity index (χ0v) is 18.7. The van der Waals surface area contributed by atoms with Crippen LogP contribution >= 0.6 is 0 Å². The molecule has 1 atom stereocenters. The highest BCUT2D eigenvalue weighted by atomic mass is 16.6. The van der Waals surface area contributed by atoms with Gasteiger partial charge in [0, 0.05) is 34.8 Å². The molecule has 32 heavy (non-hydrogen) atoms. The van der Waals surface area contributed by atoms with Crippen LogP contribution in [0.5, 0.6) is 5.88 Å². The molecule has 1 aromatic carbocycles. The van der Waals surface area contributed by atoms with Gasteiger partial charge >= 0.3 is 0 Å². The van der Waals surface area contributed by atoms with Gasteiger partial charge in [-0.2, -0.15) is 5.90 Å². The Bertz CT molecular complexity index is 1140. The van der Waals surface area contributed by atoms with Crippen LogP contribution in [0.1, 0.15) is 37.6 Å². The van der Waals surface area contributed by atoms with Crippen LogP contribution in [0.3, 0.4) is 0 Å². The van der Waals surface area contributed by atoms with Crippen molar-refractivity contribution in [1.82, 2.24) is 15.0 Å². The van der Waals surface area contributed by atoms with E-state index in [1.807, 2.05) is 24.3 Å². The van der Waals surface area contributed by atoms with Crippen molar-refractivity contribution in [3.8, 4) is 17.0 Å². The van der Waals surface area contributed by atoms with E-state index in [0.717, 1.165) is 16.7 Å². The minimum absolute atomic E-state index is 0.0440. The van der Waals surface area contributed by atoms with E-state index < -0.39 is 5.41 Å². The Balaban J connectivity index is 1.98. The third kappa shape index (κ3) is 4.45. The van der Waals surface area contributed by atoms with Crippen LogP contribution in [0.25, 0.3) is 11.1 Å². The van der Waals surface area contributed by atoms with Gasteiger partial charge in [-0.25, -0.2) is 19.9 Å². The molecule has 0 fully saturated rings. The Morgan fingerprint density at radius 2 is 1.72 bits per heavy atom. The predicted molar refractivity (Wildman–Crippen MR) is 126 cm³/mol. The fraction of sp³-hybridized carbons (Fsp3) is 0.250. The fourth-order valence-electron chi connectivity index (χ4n) is 3.43. The standard InChI is InChI=1S/C24H28N6O2/c1-14(2)24(5,16(4)30-22(32-26)20-11-6-15(3)29-21(20)31)19-9-7-17(8-10-19)18-12-27-23(25)28-13-18/h6-14H,4,26H2,1-3,5H3,(H,29,31)(H2,25,27,28)/b30-22-. The summed E-state index contributed by atoms with van der Waals surface area (Å²) in [4.78, 5) is 21.7. The van der Waals surface area contributed by atoms with Crippen molar-refractivity contribution in [3.05, 3.63) is 77.9 Å². The molecular weight excluding hydrogens is 404 g/mol. The highest BCUT2D eigenvalue weighted by Crippen LogP contribution is 2.40. The number of allylic oxidation sites excluding steroid dienone is 1. The summed E-state index contributed by atoms with van der Waals surface area (Å²) in [7, 11) is 0. The summed E-state index contributed by atoms with van der Waals surface area (Å²) in [5.41, 5.74) is 9.40. The maximum Gasteiger partial charge on any atom is 0.250 e. The van der Waals surface area contributed by atoms with Gasteiger partial charge in [-0.1, -0.05) is 44.7 Å². The van der Waals surface area contributed by atoms with E-state index >= 15 is 0 Å². The van der Waals surface area contributed by atoms with E-state index in [-0.39, 0.29) is 23.6 Å². The number of aromatic hydroxyl groups is 1. The summed E-state index contributed by atoms with van der Waals surface area (Å²) >= 11 is 0. The molecule has 166 valence electrons. The first-order chi connectivity index (χ1) is 15.2. The minimum Gasteiger partial charge on any atom is -0.493 e. The third-order valence-electron chi connectivity index (χ3n) is 5.84. The fourth-order valence-corrected chi connectivity index (χ4v) is 3.43. The minimum atomic E-state index is -0.534. The Labute approximate surface area is 187 Å². The Morgan fingerprint density at radius 1 is 1.09 bits per heavy atom. The normalized spacial score (nSPS) is 13.6. The second kappa shape index (κ2) is 9.15. The maximum absolute atomic E-state index is 10.2. The van der Waals surface area contributed by atoms with Gasteiger partial charge in [-0.3, -0.25) is 0 Å². The molecule has 3 rings (SSSR count). The van der Waals surface area contributed by atoms with E-state index in [1.165, 1.54) is 0 Å². The number of nitrogens with two attached hydrogens (primary N) is 2. The number of benzene rings is 1. The lowest BCUT2D eigenvalue weighted by Crippen LogP contribution is -2.31. The molecule has 3 aromatic rings. The molecule has 0 aliphatic carbocycles. The van der Waals surface area contributed by atoms with E-state index in [0.29, 0.717) is 17.0 Å². The van der Waals surface area contributed by atoms with Gasteiger partial charge in [0.2, 0.25) is 17.7 Å². The molecule has 0 amide bonds. The maximum atomic E-state index is 10.2. The average Bonchev–Trinajstić information content (AvgIpc) is 2.77. The molecule has 0 bridgehead atoms. The van der Waals surface area contributed by atoms with Crippen LogP contribution in [0, 0.1) is 12.8 Å². The number of nitrogens with zero attached hydrogens (tertiary/aromatic N) is 4. The number of aliphatic imine (C=N–C) groups is 1. The molecule has 0 aliphatic rings. The smallest absolute Gasteiger partial charge is 0.250 e. The van der Waals surface area contributed by atoms with E-state index in [1.54, 1.807) is 31.5 Å². The number of hydrogen-bond acceptors (Lipinski definition) is 8. The number of anilines is 1. The van der Waals surface area contributed by atoms with Crippen LogP contribution < -0.4 is 11.6 Å². The topological polar surface area (TPSA) is 133 Å². The molecule has 5 N–H and O–H groups in total. The van der Waals surface area contributed by atoms with Crippen molar-refractivity contribution in [2.24, 2.45) is 16.8 Å². The Morgan fingerprint density at radius 3 is 2.25 bits per heavy atom. The highest BCUT2D eigenvalue weighted by Gasteiger charge is 2.34. The monoisotopic (exact) mass is 432 g/mol. The van der Waals surface area contributed by atoms with Crippen LogP contribution in [-0.4, -0.2) is 26.0 Å². The van der Waals surface area contributed by atoms with Gasteiger partial charge in [-0.15, -0.1) is 0 Å². The molecule has 2 heterocycles. The average molecular weight is 433 g/mol. The highest BCUT2D eigenvalue weighted by molar-refractivity contribution is 5.96. The second-order valence-electron chi connectivity index (χ2n) is 8.07. The lowest BCUT2D eigenvalue weighted by atomic mass is 9.71. The molecule has 8 heteroatoms. The molecule has 8 nitrogen and oxygen atoms in total. The van der Waals surface area contributed by atoms with Crippen molar-refractivity contribution in [2.75, 3.05) is 5.73 Å². The number of aryl methyl sites for hydroxylation is 1. The van der Waals surface area contributed by atoms with Crippen molar-refractivity contribution >= 4 is 11.8 Å². The van der Waals surface area contributed by atoms with Crippen LogP contribution in [0.4, 0.5) is 5.95 Å². The quantitative estimate of drug-likeness (QED) is 0.306. The number of rotatable bonds is 6. The molecule has 0 aliphatic heterocycles. The number of nitrogen functional groups attached to an aromatic ring is 1. The van der Waals surface area contributed by atoms with Crippen LogP contribution in [-0.2, 0) is 10.3 Å². The Hall–Kier alpha value is -3.78. The Kier molecular flexibility index (Phi) is 6.55. The van der Waals surface area contributed by atoms with Crippen molar-refractivity contribution in [3.63, 3.8) is 0 Å². The molecular formula is C24H28N6O2. The van der Waals surface area contributed by atoms with Gasteiger partial charge < -0.3 is 15.7 Å². The first-order valence-corrected chi connectivity index (χ1v) is 10.2. The summed E-state index contributed by atoms with van der Waals surface area (Å²) in [5, 5.41) is 10.2. The van der Waals surface area contributed by atoms with E-state index in [9.17, 15) is 5.11 Å². The summed E-state index contributed by atoms with van der Waals surface area (Å²) in [5.74, 6) is 5.70. The van der Waals surface area contributed by atoms with Gasteiger partial charge in [0.1, 0.15) is 5.56 Å². The van der Waals surface area contributed by atoms with Crippen molar-refractivity contribution in [1.29, 1.82) is 0 Å².